The third-order valence-corrected chi connectivity index (χ3v) is 4.84. The minimum atomic E-state index is -0.219. The zero-order valence-corrected chi connectivity index (χ0v) is 14.0. The lowest BCUT2D eigenvalue weighted by molar-refractivity contribution is -0.121. The highest BCUT2D eigenvalue weighted by atomic mass is 79.9. The summed E-state index contributed by atoms with van der Waals surface area (Å²) >= 11 is 4.67. The van der Waals surface area contributed by atoms with Crippen LogP contribution in [-0.4, -0.2) is 45.0 Å². The number of rotatable bonds is 3. The van der Waals surface area contributed by atoms with Gasteiger partial charge in [0.25, 0.3) is 5.91 Å². The van der Waals surface area contributed by atoms with E-state index < -0.39 is 0 Å². The molecule has 1 fully saturated rings. The highest BCUT2D eigenvalue weighted by molar-refractivity contribution is 9.10. The van der Waals surface area contributed by atoms with Gasteiger partial charge < -0.3 is 10.2 Å². The lowest BCUT2D eigenvalue weighted by atomic mass is 9.97. The predicted octanol–water partition coefficient (Wildman–Crippen LogP) is 2.12. The number of piperidine rings is 1. The summed E-state index contributed by atoms with van der Waals surface area (Å²) in [6.45, 7) is 1.05. The molecule has 2 aromatic rings. The molecular weight excluding hydrogens is 370 g/mol. The van der Waals surface area contributed by atoms with Crippen molar-refractivity contribution in [3.05, 3.63) is 27.9 Å². The fourth-order valence-corrected chi connectivity index (χ4v) is 3.34. The number of hydrogen-bond donors (Lipinski definition) is 2. The van der Waals surface area contributed by atoms with E-state index in [9.17, 15) is 9.59 Å². The van der Waals surface area contributed by atoms with E-state index in [0.717, 1.165) is 12.8 Å². The Labute approximate surface area is 139 Å². The molecule has 1 atom stereocenters. The van der Waals surface area contributed by atoms with Gasteiger partial charge in [-0.3, -0.25) is 14.7 Å². The standard InChI is InChI=1S/C13H14BrN5O2S/c14-9-6-16-18-10(9)12(21)19-4-1-2-8(7-19)11(20)17-13-15-3-5-22-13/h3,5-6,8H,1-2,4,7H2,(H,16,18)(H,15,17,20)/t8-/m0/s1. The van der Waals surface area contributed by atoms with Crippen LogP contribution in [0.1, 0.15) is 23.3 Å². The summed E-state index contributed by atoms with van der Waals surface area (Å²) in [6.07, 6.45) is 4.76. The van der Waals surface area contributed by atoms with E-state index in [1.165, 1.54) is 11.3 Å². The van der Waals surface area contributed by atoms with E-state index in [-0.39, 0.29) is 17.7 Å². The van der Waals surface area contributed by atoms with E-state index in [2.05, 4.69) is 36.4 Å². The normalized spacial score (nSPS) is 18.2. The number of carbonyl (C=O) groups excluding carboxylic acids is 2. The summed E-state index contributed by atoms with van der Waals surface area (Å²) in [5.74, 6) is -0.449. The van der Waals surface area contributed by atoms with Crippen LogP contribution in [0, 0.1) is 5.92 Å². The first-order valence-corrected chi connectivity index (χ1v) is 8.51. The van der Waals surface area contributed by atoms with Gasteiger partial charge in [0.2, 0.25) is 5.91 Å². The van der Waals surface area contributed by atoms with Gasteiger partial charge in [0, 0.05) is 24.7 Å². The Morgan fingerprint density at radius 2 is 2.36 bits per heavy atom. The van der Waals surface area contributed by atoms with Crippen LogP contribution in [0.5, 0.6) is 0 Å². The van der Waals surface area contributed by atoms with Gasteiger partial charge >= 0.3 is 0 Å². The quantitative estimate of drug-likeness (QED) is 0.848. The van der Waals surface area contributed by atoms with Gasteiger partial charge in [0.15, 0.2) is 5.13 Å². The van der Waals surface area contributed by atoms with Crippen LogP contribution in [0.2, 0.25) is 0 Å². The third kappa shape index (κ3) is 3.20. The van der Waals surface area contributed by atoms with Crippen molar-refractivity contribution in [2.75, 3.05) is 18.4 Å². The average molecular weight is 384 g/mol. The number of hydrogen-bond acceptors (Lipinski definition) is 5. The topological polar surface area (TPSA) is 91.0 Å². The third-order valence-electron chi connectivity index (χ3n) is 3.55. The number of amides is 2. The van der Waals surface area contributed by atoms with Gasteiger partial charge in [0.05, 0.1) is 16.6 Å². The summed E-state index contributed by atoms with van der Waals surface area (Å²) in [5.41, 5.74) is 0.418. The summed E-state index contributed by atoms with van der Waals surface area (Å²) in [7, 11) is 0. The van der Waals surface area contributed by atoms with Crippen LogP contribution >= 0.6 is 27.3 Å². The molecule has 0 aromatic carbocycles. The van der Waals surface area contributed by atoms with Gasteiger partial charge in [-0.05, 0) is 28.8 Å². The Morgan fingerprint density at radius 3 is 3.05 bits per heavy atom. The van der Waals surface area contributed by atoms with Crippen molar-refractivity contribution in [1.29, 1.82) is 0 Å². The number of likely N-dealkylation sites (tertiary alicyclic amines) is 1. The highest BCUT2D eigenvalue weighted by Gasteiger charge is 2.30. The largest absolute Gasteiger partial charge is 0.336 e. The van der Waals surface area contributed by atoms with Crippen LogP contribution in [0.3, 0.4) is 0 Å². The Bertz CT molecular complexity index is 672. The molecule has 0 spiro atoms. The fourth-order valence-electron chi connectivity index (χ4n) is 2.45. The van der Waals surface area contributed by atoms with E-state index in [4.69, 9.17) is 0 Å². The zero-order chi connectivity index (χ0) is 15.5. The number of H-pyrrole nitrogens is 1. The molecule has 0 bridgehead atoms. The average Bonchev–Trinajstić information content (AvgIpc) is 3.18. The van der Waals surface area contributed by atoms with Crippen molar-refractivity contribution in [3.63, 3.8) is 0 Å². The number of carbonyl (C=O) groups is 2. The second-order valence-electron chi connectivity index (χ2n) is 5.01. The van der Waals surface area contributed by atoms with Crippen molar-refractivity contribution >= 4 is 44.2 Å². The molecule has 0 aliphatic carbocycles. The van der Waals surface area contributed by atoms with Crippen LogP contribution in [0.25, 0.3) is 0 Å². The van der Waals surface area contributed by atoms with Crippen LogP contribution in [0.15, 0.2) is 22.2 Å². The number of aromatic nitrogens is 3. The number of aromatic amines is 1. The molecule has 0 unspecified atom stereocenters. The highest BCUT2D eigenvalue weighted by Crippen LogP contribution is 2.22. The van der Waals surface area contributed by atoms with Crippen LogP contribution < -0.4 is 5.32 Å². The Balaban J connectivity index is 1.65. The molecule has 1 aliphatic rings. The maximum atomic E-state index is 12.4. The number of anilines is 1. The van der Waals surface area contributed by atoms with Crippen LogP contribution in [-0.2, 0) is 4.79 Å². The van der Waals surface area contributed by atoms with Crippen molar-refractivity contribution in [1.82, 2.24) is 20.1 Å². The Hall–Kier alpha value is -1.74. The lowest BCUT2D eigenvalue weighted by Gasteiger charge is -2.31. The molecule has 1 aliphatic heterocycles. The molecule has 0 saturated carbocycles. The van der Waals surface area contributed by atoms with Gasteiger partial charge in [0.1, 0.15) is 5.69 Å². The first-order chi connectivity index (χ1) is 10.6. The number of nitrogens with zero attached hydrogens (tertiary/aromatic N) is 3. The molecule has 116 valence electrons. The van der Waals surface area contributed by atoms with Gasteiger partial charge in [-0.2, -0.15) is 5.10 Å². The number of thiazole rings is 1. The molecule has 3 rings (SSSR count). The van der Waals surface area contributed by atoms with E-state index in [0.29, 0.717) is 28.4 Å². The molecule has 1 saturated heterocycles. The number of halogens is 1. The fraction of sp³-hybridized carbons (Fsp3) is 0.385. The molecule has 2 aromatic heterocycles. The molecule has 2 N–H and O–H groups in total. The second kappa shape index (κ2) is 6.57. The monoisotopic (exact) mass is 383 g/mol. The zero-order valence-electron chi connectivity index (χ0n) is 11.6. The Kier molecular flexibility index (Phi) is 4.53. The lowest BCUT2D eigenvalue weighted by Crippen LogP contribution is -2.44. The molecule has 22 heavy (non-hydrogen) atoms. The van der Waals surface area contributed by atoms with Crippen molar-refractivity contribution < 1.29 is 9.59 Å². The first-order valence-electron chi connectivity index (χ1n) is 6.83. The number of nitrogens with one attached hydrogen (secondary N) is 2. The molecule has 0 radical (unpaired) electrons. The molecule has 3 heterocycles. The molecule has 9 heteroatoms. The van der Waals surface area contributed by atoms with Crippen molar-refractivity contribution in [2.45, 2.75) is 12.8 Å². The van der Waals surface area contributed by atoms with Crippen molar-refractivity contribution in [2.24, 2.45) is 5.92 Å². The van der Waals surface area contributed by atoms with Crippen LogP contribution in [0.4, 0.5) is 5.13 Å². The van der Waals surface area contributed by atoms with E-state index in [1.807, 2.05) is 5.38 Å². The van der Waals surface area contributed by atoms with E-state index in [1.54, 1.807) is 17.3 Å². The summed E-state index contributed by atoms with van der Waals surface area (Å²) in [6, 6.07) is 0. The van der Waals surface area contributed by atoms with Gasteiger partial charge in [-0.1, -0.05) is 0 Å². The summed E-state index contributed by atoms with van der Waals surface area (Å²) in [5, 5.41) is 11.7. The second-order valence-corrected chi connectivity index (χ2v) is 6.76. The molecular formula is C13H14BrN5O2S. The van der Waals surface area contributed by atoms with Crippen molar-refractivity contribution in [3.8, 4) is 0 Å². The minimum absolute atomic E-state index is 0.0869. The molecule has 7 nitrogen and oxygen atoms in total. The molecule has 2 amide bonds. The Morgan fingerprint density at radius 1 is 1.50 bits per heavy atom. The maximum absolute atomic E-state index is 12.4. The smallest absolute Gasteiger partial charge is 0.273 e. The first kappa shape index (κ1) is 15.2. The minimum Gasteiger partial charge on any atom is -0.336 e. The summed E-state index contributed by atoms with van der Waals surface area (Å²) in [4.78, 5) is 30.5. The predicted molar refractivity (Wildman–Crippen MR) is 85.7 cm³/mol. The van der Waals surface area contributed by atoms with Gasteiger partial charge in [-0.25, -0.2) is 4.98 Å². The van der Waals surface area contributed by atoms with Gasteiger partial charge in [-0.15, -0.1) is 11.3 Å². The summed E-state index contributed by atoms with van der Waals surface area (Å²) < 4.78 is 0.631. The SMILES string of the molecule is O=C(Nc1nccs1)[C@H]1CCCN(C(=O)c2[nH]ncc2Br)C1. The van der Waals surface area contributed by atoms with E-state index >= 15 is 0 Å². The maximum Gasteiger partial charge on any atom is 0.273 e.